The van der Waals surface area contributed by atoms with Gasteiger partial charge in [-0.1, -0.05) is 24.3 Å². The normalized spacial score (nSPS) is 12.4. The van der Waals surface area contributed by atoms with Crippen LogP contribution in [-0.2, 0) is 25.9 Å². The molecule has 27 heavy (non-hydrogen) atoms. The lowest BCUT2D eigenvalue weighted by atomic mass is 10.2. The zero-order valence-electron chi connectivity index (χ0n) is 15.4. The van der Waals surface area contributed by atoms with Crippen molar-refractivity contribution >= 4 is 26.7 Å². The lowest BCUT2D eigenvalue weighted by molar-refractivity contribution is -0.142. The summed E-state index contributed by atoms with van der Waals surface area (Å²) >= 11 is 0. The number of unbranched alkanes of at least 4 members (excludes halogenated alkanes) is 1. The van der Waals surface area contributed by atoms with Crippen LogP contribution < -0.4 is 0 Å². The molecule has 1 unspecified atom stereocenters. The molecule has 1 atom stereocenters. The number of hydrogen-bond acceptors (Lipinski definition) is 5. The average molecular weight is 388 g/mol. The molecule has 0 aliphatic carbocycles. The Bertz CT molecular complexity index is 954. The Balaban J connectivity index is 2.04. The first-order chi connectivity index (χ1) is 12.9. The van der Waals surface area contributed by atoms with E-state index < -0.39 is 21.1 Å². The summed E-state index contributed by atoms with van der Waals surface area (Å²) in [5.74, 6) is -0.943. The molecule has 1 aromatic heterocycles. The van der Waals surface area contributed by atoms with Crippen molar-refractivity contribution < 1.29 is 17.9 Å². The average Bonchev–Trinajstić information content (AvgIpc) is 2.99. The standard InChI is InChI=1S/C20H24N2O4S/c1-3-13-27(24,25)19(20(23)26-4-2)11-7-8-12-22-15-16(14-21)17-9-5-6-10-18(17)22/h3,5-6,9-10,15,19H,1,4,7-8,11-13H2,2H3. The first-order valence-corrected chi connectivity index (χ1v) is 10.6. The molecule has 0 saturated carbocycles. The molecule has 0 amide bonds. The van der Waals surface area contributed by atoms with Gasteiger partial charge in [0.2, 0.25) is 0 Å². The van der Waals surface area contributed by atoms with Crippen molar-refractivity contribution in [3.8, 4) is 6.07 Å². The van der Waals surface area contributed by atoms with E-state index in [9.17, 15) is 18.5 Å². The number of nitriles is 1. The smallest absolute Gasteiger partial charge is 0.324 e. The van der Waals surface area contributed by atoms with Crippen molar-refractivity contribution in [3.63, 3.8) is 0 Å². The van der Waals surface area contributed by atoms with E-state index in [0.29, 0.717) is 24.9 Å². The maximum Gasteiger partial charge on any atom is 0.324 e. The summed E-state index contributed by atoms with van der Waals surface area (Å²) in [5, 5.41) is 9.00. The Hall–Kier alpha value is -2.59. The molecule has 0 aliphatic rings. The number of carbonyl (C=O) groups is 1. The van der Waals surface area contributed by atoms with Gasteiger partial charge in [0.15, 0.2) is 15.1 Å². The van der Waals surface area contributed by atoms with E-state index in [0.717, 1.165) is 10.9 Å². The van der Waals surface area contributed by atoms with E-state index >= 15 is 0 Å². The topological polar surface area (TPSA) is 89.2 Å². The second-order valence-electron chi connectivity index (χ2n) is 6.22. The van der Waals surface area contributed by atoms with Crippen LogP contribution >= 0.6 is 0 Å². The molecule has 0 spiro atoms. The molecule has 144 valence electrons. The SMILES string of the molecule is C=CCS(=O)(=O)C(CCCCn1cc(C#N)c2ccccc21)C(=O)OCC. The fraction of sp³-hybridized carbons (Fsp3) is 0.400. The van der Waals surface area contributed by atoms with Gasteiger partial charge in [-0.3, -0.25) is 4.79 Å². The van der Waals surface area contributed by atoms with Crippen LogP contribution in [0.3, 0.4) is 0 Å². The summed E-state index contributed by atoms with van der Waals surface area (Å²) in [4.78, 5) is 12.1. The molecule has 0 aliphatic heterocycles. The molecular weight excluding hydrogens is 364 g/mol. The van der Waals surface area contributed by atoms with Crippen LogP contribution in [0.15, 0.2) is 43.1 Å². The highest BCUT2D eigenvalue weighted by molar-refractivity contribution is 7.92. The molecule has 2 aromatic rings. The molecule has 1 heterocycles. The number of aryl methyl sites for hydroxylation is 1. The highest BCUT2D eigenvalue weighted by Gasteiger charge is 2.32. The van der Waals surface area contributed by atoms with Crippen LogP contribution in [0.1, 0.15) is 31.7 Å². The highest BCUT2D eigenvalue weighted by Crippen LogP contribution is 2.22. The summed E-state index contributed by atoms with van der Waals surface area (Å²) < 4.78 is 31.6. The number of esters is 1. The summed E-state index contributed by atoms with van der Waals surface area (Å²) in [6.45, 7) is 5.88. The molecule has 1 aromatic carbocycles. The number of benzene rings is 1. The fourth-order valence-corrected chi connectivity index (χ4v) is 4.54. The lowest BCUT2D eigenvalue weighted by Crippen LogP contribution is -2.33. The number of para-hydroxylation sites is 1. The van der Waals surface area contributed by atoms with Gasteiger partial charge in [0.05, 0.1) is 17.9 Å². The van der Waals surface area contributed by atoms with E-state index in [1.54, 1.807) is 6.92 Å². The Morgan fingerprint density at radius 3 is 2.78 bits per heavy atom. The maximum atomic E-state index is 12.3. The minimum absolute atomic E-state index is 0.144. The predicted octanol–water partition coefficient (Wildman–Crippen LogP) is 3.22. The third-order valence-electron chi connectivity index (χ3n) is 4.36. The van der Waals surface area contributed by atoms with Gasteiger partial charge in [0.25, 0.3) is 0 Å². The van der Waals surface area contributed by atoms with Gasteiger partial charge in [-0.05, 0) is 32.3 Å². The zero-order chi connectivity index (χ0) is 19.9. The van der Waals surface area contributed by atoms with Gasteiger partial charge in [0, 0.05) is 23.6 Å². The number of rotatable bonds is 10. The molecule has 0 bridgehead atoms. The summed E-state index contributed by atoms with van der Waals surface area (Å²) in [7, 11) is -3.62. The summed E-state index contributed by atoms with van der Waals surface area (Å²) in [5.41, 5.74) is 1.58. The van der Waals surface area contributed by atoms with Crippen molar-refractivity contribution in [1.82, 2.24) is 4.57 Å². The van der Waals surface area contributed by atoms with Crippen molar-refractivity contribution in [3.05, 3.63) is 48.7 Å². The third-order valence-corrected chi connectivity index (χ3v) is 6.35. The van der Waals surface area contributed by atoms with Gasteiger partial charge >= 0.3 is 5.97 Å². The number of fused-ring (bicyclic) bond motifs is 1. The van der Waals surface area contributed by atoms with Crippen molar-refractivity contribution in [2.24, 2.45) is 0 Å². The molecule has 0 N–H and O–H groups in total. The number of sulfone groups is 1. The minimum Gasteiger partial charge on any atom is -0.465 e. The second kappa shape index (κ2) is 9.38. The number of ether oxygens (including phenoxy) is 1. The minimum atomic E-state index is -3.62. The van der Waals surface area contributed by atoms with Crippen LogP contribution in [0.25, 0.3) is 10.9 Å². The number of carbonyl (C=O) groups excluding carboxylic acids is 1. The first-order valence-electron chi connectivity index (χ1n) is 8.91. The van der Waals surface area contributed by atoms with Gasteiger partial charge in [-0.15, -0.1) is 6.58 Å². The molecule has 2 rings (SSSR count). The third kappa shape index (κ3) is 4.98. The Morgan fingerprint density at radius 1 is 1.37 bits per heavy atom. The van der Waals surface area contributed by atoms with E-state index in [1.165, 1.54) is 6.08 Å². The Kier molecular flexibility index (Phi) is 7.19. The van der Waals surface area contributed by atoms with Crippen molar-refractivity contribution in [1.29, 1.82) is 5.26 Å². The van der Waals surface area contributed by atoms with E-state index in [1.807, 2.05) is 35.0 Å². The number of nitrogens with zero attached hydrogens (tertiary/aromatic N) is 2. The van der Waals surface area contributed by atoms with Crippen LogP contribution in [0.2, 0.25) is 0 Å². The molecule has 7 heteroatoms. The number of aromatic nitrogens is 1. The van der Waals surface area contributed by atoms with Crippen LogP contribution in [0, 0.1) is 11.3 Å². The highest BCUT2D eigenvalue weighted by atomic mass is 32.2. The Labute approximate surface area is 160 Å². The number of hydrogen-bond donors (Lipinski definition) is 0. The van der Waals surface area contributed by atoms with Crippen LogP contribution in [0.4, 0.5) is 0 Å². The van der Waals surface area contributed by atoms with Gasteiger partial charge in [-0.25, -0.2) is 8.42 Å². The fourth-order valence-electron chi connectivity index (χ4n) is 3.09. The first kappa shape index (κ1) is 20.7. The van der Waals surface area contributed by atoms with Crippen LogP contribution in [-0.4, -0.2) is 36.6 Å². The van der Waals surface area contributed by atoms with Gasteiger partial charge in [-0.2, -0.15) is 5.26 Å². The second-order valence-corrected chi connectivity index (χ2v) is 8.45. The lowest BCUT2D eigenvalue weighted by Gasteiger charge is -2.15. The quantitative estimate of drug-likeness (QED) is 0.354. The zero-order valence-corrected chi connectivity index (χ0v) is 16.2. The molecular formula is C20H24N2O4S. The molecule has 0 radical (unpaired) electrons. The Morgan fingerprint density at radius 2 is 2.11 bits per heavy atom. The van der Waals surface area contributed by atoms with Crippen molar-refractivity contribution in [2.45, 2.75) is 38.0 Å². The predicted molar refractivity (Wildman–Crippen MR) is 105 cm³/mol. The summed E-state index contributed by atoms with van der Waals surface area (Å²) in [6.07, 6.45) is 4.54. The maximum absolute atomic E-state index is 12.3. The van der Waals surface area contributed by atoms with E-state index in [-0.39, 0.29) is 18.8 Å². The largest absolute Gasteiger partial charge is 0.465 e. The summed E-state index contributed by atoms with van der Waals surface area (Å²) in [6, 6.07) is 9.85. The molecule has 0 fully saturated rings. The van der Waals surface area contributed by atoms with E-state index in [4.69, 9.17) is 4.74 Å². The monoisotopic (exact) mass is 388 g/mol. The van der Waals surface area contributed by atoms with Crippen LogP contribution in [0.5, 0.6) is 0 Å². The molecule has 6 nitrogen and oxygen atoms in total. The molecule has 0 saturated heterocycles. The van der Waals surface area contributed by atoms with E-state index in [2.05, 4.69) is 12.6 Å². The van der Waals surface area contributed by atoms with Crippen molar-refractivity contribution in [2.75, 3.05) is 12.4 Å². The van der Waals surface area contributed by atoms with Gasteiger partial charge in [0.1, 0.15) is 6.07 Å². The van der Waals surface area contributed by atoms with Gasteiger partial charge < -0.3 is 9.30 Å².